The number of benzene rings is 1. The average molecular weight is 254 g/mol. The van der Waals surface area contributed by atoms with Crippen LogP contribution in [0.25, 0.3) is 6.08 Å². The molecule has 2 rings (SSSR count). The largest absolute Gasteiger partial charge is 0.289 e. The fourth-order valence-electron chi connectivity index (χ4n) is 1.80. The summed E-state index contributed by atoms with van der Waals surface area (Å²) in [5, 5.41) is 4.10. The van der Waals surface area contributed by atoms with Gasteiger partial charge in [-0.3, -0.25) is 9.48 Å². The molecule has 0 saturated carbocycles. The lowest BCUT2D eigenvalue weighted by molar-refractivity contribution is 0.104. The monoisotopic (exact) mass is 254 g/mol. The van der Waals surface area contributed by atoms with Crippen LogP contribution >= 0.6 is 0 Å². The van der Waals surface area contributed by atoms with E-state index in [4.69, 9.17) is 0 Å². The van der Waals surface area contributed by atoms with E-state index in [1.165, 1.54) is 5.56 Å². The van der Waals surface area contributed by atoms with Crippen molar-refractivity contribution in [1.82, 2.24) is 9.78 Å². The number of aryl methyl sites for hydroxylation is 2. The van der Waals surface area contributed by atoms with Crippen molar-refractivity contribution in [3.63, 3.8) is 0 Å². The standard InChI is InChI=1S/C16H18N2O/c1-3-13-5-7-14(8-6-13)9-10-16(19)15-11-17-18(4-2)12-15/h5-12H,3-4H2,1-2H3/b10-9+. The lowest BCUT2D eigenvalue weighted by atomic mass is 10.1. The van der Waals surface area contributed by atoms with Gasteiger partial charge in [0, 0.05) is 12.7 Å². The molecule has 0 N–H and O–H groups in total. The van der Waals surface area contributed by atoms with Crippen LogP contribution in [0.15, 0.2) is 42.7 Å². The van der Waals surface area contributed by atoms with Crippen LogP contribution in [0.4, 0.5) is 0 Å². The second-order valence-electron chi connectivity index (χ2n) is 4.38. The molecule has 2 aromatic rings. The van der Waals surface area contributed by atoms with Crippen molar-refractivity contribution in [1.29, 1.82) is 0 Å². The van der Waals surface area contributed by atoms with Crippen LogP contribution in [0.5, 0.6) is 0 Å². The number of hydrogen-bond acceptors (Lipinski definition) is 2. The van der Waals surface area contributed by atoms with Crippen LogP contribution in [-0.4, -0.2) is 15.6 Å². The molecule has 3 heteroatoms. The van der Waals surface area contributed by atoms with Gasteiger partial charge in [-0.15, -0.1) is 0 Å². The minimum atomic E-state index is -0.0146. The molecule has 0 saturated heterocycles. The molecule has 0 fully saturated rings. The Hall–Kier alpha value is -2.16. The van der Waals surface area contributed by atoms with Gasteiger partial charge in [0.25, 0.3) is 0 Å². The molecule has 0 radical (unpaired) electrons. The minimum absolute atomic E-state index is 0.0146. The van der Waals surface area contributed by atoms with E-state index in [1.54, 1.807) is 23.2 Å². The number of allylic oxidation sites excluding steroid dienone is 1. The average Bonchev–Trinajstić information content (AvgIpc) is 2.94. The summed E-state index contributed by atoms with van der Waals surface area (Å²) in [6.07, 6.45) is 7.84. The Kier molecular flexibility index (Phi) is 4.29. The van der Waals surface area contributed by atoms with Crippen molar-refractivity contribution in [3.05, 3.63) is 59.4 Å². The summed E-state index contributed by atoms with van der Waals surface area (Å²) < 4.78 is 1.75. The second kappa shape index (κ2) is 6.14. The molecule has 0 aliphatic heterocycles. The molecule has 0 spiro atoms. The van der Waals surface area contributed by atoms with Gasteiger partial charge in [-0.25, -0.2) is 0 Å². The third-order valence-electron chi connectivity index (χ3n) is 3.06. The fraction of sp³-hybridized carbons (Fsp3) is 0.250. The van der Waals surface area contributed by atoms with E-state index >= 15 is 0 Å². The van der Waals surface area contributed by atoms with Crippen molar-refractivity contribution in [2.24, 2.45) is 0 Å². The Balaban J connectivity index is 2.06. The zero-order valence-electron chi connectivity index (χ0n) is 11.3. The van der Waals surface area contributed by atoms with Crippen LogP contribution in [0.2, 0.25) is 0 Å². The topological polar surface area (TPSA) is 34.9 Å². The Labute approximate surface area is 113 Å². The molecule has 3 nitrogen and oxygen atoms in total. The molecule has 0 bridgehead atoms. The summed E-state index contributed by atoms with van der Waals surface area (Å²) in [6, 6.07) is 8.22. The van der Waals surface area contributed by atoms with E-state index in [1.807, 2.05) is 25.1 Å². The number of aromatic nitrogens is 2. The minimum Gasteiger partial charge on any atom is -0.289 e. The van der Waals surface area contributed by atoms with E-state index in [0.717, 1.165) is 18.5 Å². The fourth-order valence-corrected chi connectivity index (χ4v) is 1.80. The molecular weight excluding hydrogens is 236 g/mol. The van der Waals surface area contributed by atoms with E-state index in [0.29, 0.717) is 5.56 Å². The number of carbonyl (C=O) groups is 1. The van der Waals surface area contributed by atoms with Crippen molar-refractivity contribution in [2.45, 2.75) is 26.8 Å². The normalized spacial score (nSPS) is 11.1. The van der Waals surface area contributed by atoms with E-state index in [-0.39, 0.29) is 5.78 Å². The number of hydrogen-bond donors (Lipinski definition) is 0. The first kappa shape index (κ1) is 13.3. The lowest BCUT2D eigenvalue weighted by Crippen LogP contribution is -1.94. The first-order chi connectivity index (χ1) is 9.22. The Morgan fingerprint density at radius 2 is 2.00 bits per heavy atom. The first-order valence-electron chi connectivity index (χ1n) is 6.56. The van der Waals surface area contributed by atoms with Crippen molar-refractivity contribution in [3.8, 4) is 0 Å². The number of nitrogens with zero attached hydrogens (tertiary/aromatic N) is 2. The molecule has 1 heterocycles. The van der Waals surface area contributed by atoms with Gasteiger partial charge < -0.3 is 0 Å². The third kappa shape index (κ3) is 3.41. The maximum Gasteiger partial charge on any atom is 0.189 e. The molecule has 0 atom stereocenters. The lowest BCUT2D eigenvalue weighted by Gasteiger charge is -1.97. The summed E-state index contributed by atoms with van der Waals surface area (Å²) in [7, 11) is 0. The zero-order chi connectivity index (χ0) is 13.7. The van der Waals surface area contributed by atoms with Crippen LogP contribution < -0.4 is 0 Å². The zero-order valence-corrected chi connectivity index (χ0v) is 11.3. The Morgan fingerprint density at radius 3 is 2.58 bits per heavy atom. The van der Waals surface area contributed by atoms with Gasteiger partial charge in [-0.05, 0) is 30.5 Å². The van der Waals surface area contributed by atoms with Gasteiger partial charge in [0.15, 0.2) is 5.78 Å². The van der Waals surface area contributed by atoms with E-state index in [9.17, 15) is 4.79 Å². The smallest absolute Gasteiger partial charge is 0.189 e. The van der Waals surface area contributed by atoms with Gasteiger partial charge >= 0.3 is 0 Å². The Morgan fingerprint density at radius 1 is 1.26 bits per heavy atom. The van der Waals surface area contributed by atoms with Gasteiger partial charge in [0.2, 0.25) is 0 Å². The van der Waals surface area contributed by atoms with Crippen LogP contribution in [0, 0.1) is 0 Å². The molecular formula is C16H18N2O. The van der Waals surface area contributed by atoms with Crippen molar-refractivity contribution in [2.75, 3.05) is 0 Å². The second-order valence-corrected chi connectivity index (χ2v) is 4.38. The maximum absolute atomic E-state index is 11.9. The summed E-state index contributed by atoms with van der Waals surface area (Å²) in [6.45, 7) is 4.89. The highest BCUT2D eigenvalue weighted by atomic mass is 16.1. The van der Waals surface area contributed by atoms with Gasteiger partial charge in [-0.1, -0.05) is 37.3 Å². The van der Waals surface area contributed by atoms with E-state index in [2.05, 4.69) is 24.2 Å². The van der Waals surface area contributed by atoms with Gasteiger partial charge in [0.05, 0.1) is 11.8 Å². The van der Waals surface area contributed by atoms with Crippen molar-refractivity contribution >= 4 is 11.9 Å². The molecule has 98 valence electrons. The van der Waals surface area contributed by atoms with Crippen molar-refractivity contribution < 1.29 is 4.79 Å². The van der Waals surface area contributed by atoms with Crippen LogP contribution in [0.1, 0.15) is 35.3 Å². The third-order valence-corrected chi connectivity index (χ3v) is 3.06. The maximum atomic E-state index is 11.9. The highest BCUT2D eigenvalue weighted by molar-refractivity contribution is 6.06. The summed E-state index contributed by atoms with van der Waals surface area (Å²) in [4.78, 5) is 11.9. The summed E-state index contributed by atoms with van der Waals surface area (Å²) >= 11 is 0. The van der Waals surface area contributed by atoms with Crippen LogP contribution in [-0.2, 0) is 13.0 Å². The summed E-state index contributed by atoms with van der Waals surface area (Å²) in [5.74, 6) is -0.0146. The summed E-state index contributed by atoms with van der Waals surface area (Å²) in [5.41, 5.74) is 2.96. The number of ketones is 1. The highest BCUT2D eigenvalue weighted by Crippen LogP contribution is 2.08. The SMILES string of the molecule is CCc1ccc(/C=C/C(=O)c2cnn(CC)c2)cc1. The molecule has 0 aliphatic carbocycles. The molecule has 1 aromatic carbocycles. The van der Waals surface area contributed by atoms with Crippen LogP contribution in [0.3, 0.4) is 0 Å². The number of carbonyl (C=O) groups excluding carboxylic acids is 1. The molecule has 19 heavy (non-hydrogen) atoms. The molecule has 0 aliphatic rings. The van der Waals surface area contributed by atoms with Gasteiger partial charge in [-0.2, -0.15) is 5.10 Å². The Bertz CT molecular complexity index is 579. The first-order valence-corrected chi connectivity index (χ1v) is 6.56. The van der Waals surface area contributed by atoms with Gasteiger partial charge in [0.1, 0.15) is 0 Å². The molecule has 0 amide bonds. The highest BCUT2D eigenvalue weighted by Gasteiger charge is 2.04. The predicted molar refractivity (Wildman–Crippen MR) is 77.1 cm³/mol. The molecule has 1 aromatic heterocycles. The number of rotatable bonds is 5. The molecule has 0 unspecified atom stereocenters. The predicted octanol–water partition coefficient (Wildman–Crippen LogP) is 3.36. The quantitative estimate of drug-likeness (QED) is 0.605. The van der Waals surface area contributed by atoms with E-state index < -0.39 is 0 Å².